The number of hydrogen-bond acceptors (Lipinski definition) is 6. The summed E-state index contributed by atoms with van der Waals surface area (Å²) in [4.78, 5) is 14.7. The number of nitrogens with zero attached hydrogens (tertiary/aromatic N) is 5. The largest absolute Gasteiger partial charge is 0.350 e. The second kappa shape index (κ2) is 6.55. The standard InChI is InChI=1S/C17H21N5OS/c1-12-4-5-16(19-18-12)21-7-2-3-14(21)10-22-17(23)9-13-11-24-8-6-15(13)20-22/h4-5,9,14H,2-3,6-8,10-11H2,1H3. The van der Waals surface area contributed by atoms with Crippen molar-refractivity contribution in [2.75, 3.05) is 17.2 Å². The lowest BCUT2D eigenvalue weighted by Crippen LogP contribution is -2.38. The zero-order valence-corrected chi connectivity index (χ0v) is 14.6. The van der Waals surface area contributed by atoms with Crippen LogP contribution < -0.4 is 10.5 Å². The maximum atomic E-state index is 12.4. The van der Waals surface area contributed by atoms with Crippen molar-refractivity contribution in [1.29, 1.82) is 0 Å². The summed E-state index contributed by atoms with van der Waals surface area (Å²) in [5.41, 5.74) is 3.13. The summed E-state index contributed by atoms with van der Waals surface area (Å²) in [6.45, 7) is 3.51. The van der Waals surface area contributed by atoms with E-state index in [-0.39, 0.29) is 11.6 Å². The summed E-state index contributed by atoms with van der Waals surface area (Å²) in [6, 6.07) is 6.03. The zero-order chi connectivity index (χ0) is 16.5. The minimum absolute atomic E-state index is 0.0121. The van der Waals surface area contributed by atoms with Crippen molar-refractivity contribution in [2.24, 2.45) is 0 Å². The number of thioether (sulfide) groups is 1. The minimum Gasteiger partial charge on any atom is -0.350 e. The van der Waals surface area contributed by atoms with E-state index in [0.29, 0.717) is 6.54 Å². The van der Waals surface area contributed by atoms with Gasteiger partial charge in [0.2, 0.25) is 0 Å². The summed E-state index contributed by atoms with van der Waals surface area (Å²) in [5.74, 6) is 2.89. The van der Waals surface area contributed by atoms with Crippen molar-refractivity contribution in [3.05, 3.63) is 45.5 Å². The molecule has 0 aromatic carbocycles. The third-order valence-electron chi connectivity index (χ3n) is 4.74. The Kier molecular flexibility index (Phi) is 4.26. The first-order valence-corrected chi connectivity index (χ1v) is 9.61. The number of aromatic nitrogens is 4. The molecule has 0 radical (unpaired) electrons. The first kappa shape index (κ1) is 15.6. The van der Waals surface area contributed by atoms with Crippen LogP contribution in [0, 0.1) is 6.92 Å². The van der Waals surface area contributed by atoms with Crippen molar-refractivity contribution >= 4 is 17.6 Å². The first-order valence-electron chi connectivity index (χ1n) is 8.45. The van der Waals surface area contributed by atoms with Gasteiger partial charge in [-0.2, -0.15) is 22.0 Å². The van der Waals surface area contributed by atoms with E-state index >= 15 is 0 Å². The van der Waals surface area contributed by atoms with E-state index in [4.69, 9.17) is 0 Å². The topological polar surface area (TPSA) is 63.9 Å². The van der Waals surface area contributed by atoms with Crippen LogP contribution in [0.1, 0.15) is 29.8 Å². The number of fused-ring (bicyclic) bond motifs is 1. The van der Waals surface area contributed by atoms with Gasteiger partial charge in [0.15, 0.2) is 5.82 Å². The molecule has 4 heterocycles. The average molecular weight is 343 g/mol. The molecule has 1 atom stereocenters. The SMILES string of the molecule is Cc1ccc(N2CCCC2Cn2nc3c(cc2=O)CSCC3)nn1. The molecule has 2 aliphatic rings. The molecule has 0 aliphatic carbocycles. The molecule has 2 aromatic heterocycles. The summed E-state index contributed by atoms with van der Waals surface area (Å²) in [7, 11) is 0. The summed E-state index contributed by atoms with van der Waals surface area (Å²) in [6.07, 6.45) is 3.12. The van der Waals surface area contributed by atoms with Crippen LogP contribution in [-0.4, -0.2) is 38.3 Å². The molecule has 1 saturated heterocycles. The fourth-order valence-electron chi connectivity index (χ4n) is 3.46. The fraction of sp³-hybridized carbons (Fsp3) is 0.529. The second-order valence-electron chi connectivity index (χ2n) is 6.46. The molecule has 6 nitrogen and oxygen atoms in total. The Morgan fingerprint density at radius 1 is 1.33 bits per heavy atom. The third-order valence-corrected chi connectivity index (χ3v) is 5.75. The maximum Gasteiger partial charge on any atom is 0.267 e. The Labute approximate surface area is 145 Å². The van der Waals surface area contributed by atoms with E-state index in [2.05, 4.69) is 20.2 Å². The molecule has 126 valence electrons. The van der Waals surface area contributed by atoms with Gasteiger partial charge in [-0.1, -0.05) is 0 Å². The van der Waals surface area contributed by atoms with Crippen LogP contribution in [-0.2, 0) is 18.7 Å². The lowest BCUT2D eigenvalue weighted by molar-refractivity contribution is 0.479. The van der Waals surface area contributed by atoms with Gasteiger partial charge in [0.1, 0.15) is 0 Å². The van der Waals surface area contributed by atoms with Crippen LogP contribution >= 0.6 is 11.8 Å². The Morgan fingerprint density at radius 3 is 3.08 bits per heavy atom. The van der Waals surface area contributed by atoms with Crippen molar-refractivity contribution in [3.8, 4) is 0 Å². The second-order valence-corrected chi connectivity index (χ2v) is 7.57. The van der Waals surface area contributed by atoms with Gasteiger partial charge in [0, 0.05) is 24.8 Å². The molecular weight excluding hydrogens is 322 g/mol. The summed E-state index contributed by atoms with van der Waals surface area (Å²) >= 11 is 1.87. The highest BCUT2D eigenvalue weighted by Crippen LogP contribution is 2.25. The van der Waals surface area contributed by atoms with Gasteiger partial charge in [0.05, 0.1) is 24.0 Å². The van der Waals surface area contributed by atoms with E-state index < -0.39 is 0 Å². The summed E-state index contributed by atoms with van der Waals surface area (Å²) in [5, 5.41) is 13.1. The Hall–Kier alpha value is -1.89. The predicted molar refractivity (Wildman–Crippen MR) is 95.5 cm³/mol. The average Bonchev–Trinajstić information content (AvgIpc) is 3.04. The number of anilines is 1. The van der Waals surface area contributed by atoms with Gasteiger partial charge in [-0.3, -0.25) is 4.79 Å². The Bertz CT molecular complexity index is 789. The molecule has 0 amide bonds. The molecule has 24 heavy (non-hydrogen) atoms. The number of aryl methyl sites for hydroxylation is 2. The highest BCUT2D eigenvalue weighted by atomic mass is 32.2. The molecule has 1 fully saturated rings. The molecule has 1 unspecified atom stereocenters. The van der Waals surface area contributed by atoms with Gasteiger partial charge in [-0.25, -0.2) is 4.68 Å². The molecule has 2 aliphatic heterocycles. The van der Waals surface area contributed by atoms with Crippen LogP contribution in [0.3, 0.4) is 0 Å². The molecule has 0 saturated carbocycles. The smallest absolute Gasteiger partial charge is 0.267 e. The number of hydrogen-bond donors (Lipinski definition) is 0. The van der Waals surface area contributed by atoms with Crippen LogP contribution in [0.5, 0.6) is 0 Å². The highest BCUT2D eigenvalue weighted by molar-refractivity contribution is 7.98. The quantitative estimate of drug-likeness (QED) is 0.847. The predicted octanol–water partition coefficient (Wildman–Crippen LogP) is 1.80. The molecule has 4 rings (SSSR count). The van der Waals surface area contributed by atoms with Crippen LogP contribution in [0.2, 0.25) is 0 Å². The summed E-state index contributed by atoms with van der Waals surface area (Å²) < 4.78 is 1.65. The van der Waals surface area contributed by atoms with Crippen molar-refractivity contribution < 1.29 is 0 Å². The van der Waals surface area contributed by atoms with Gasteiger partial charge in [0.25, 0.3) is 5.56 Å². The molecule has 0 N–H and O–H groups in total. The minimum atomic E-state index is 0.0121. The Balaban J connectivity index is 1.58. The van der Waals surface area contributed by atoms with Gasteiger partial charge in [-0.15, -0.1) is 5.10 Å². The monoisotopic (exact) mass is 343 g/mol. The molecule has 2 aromatic rings. The maximum absolute atomic E-state index is 12.4. The van der Waals surface area contributed by atoms with Gasteiger partial charge in [-0.05, 0) is 43.2 Å². The lowest BCUT2D eigenvalue weighted by atomic mass is 10.2. The Morgan fingerprint density at radius 2 is 2.25 bits per heavy atom. The number of rotatable bonds is 3. The van der Waals surface area contributed by atoms with E-state index in [0.717, 1.165) is 60.1 Å². The normalized spacial score (nSPS) is 20.2. The first-order chi connectivity index (χ1) is 11.7. The van der Waals surface area contributed by atoms with E-state index in [9.17, 15) is 4.79 Å². The van der Waals surface area contributed by atoms with Crippen LogP contribution in [0.25, 0.3) is 0 Å². The van der Waals surface area contributed by atoms with Gasteiger partial charge < -0.3 is 4.90 Å². The van der Waals surface area contributed by atoms with Crippen molar-refractivity contribution in [2.45, 2.75) is 44.5 Å². The third kappa shape index (κ3) is 3.05. The van der Waals surface area contributed by atoms with Gasteiger partial charge >= 0.3 is 0 Å². The fourth-order valence-corrected chi connectivity index (χ4v) is 4.41. The van der Waals surface area contributed by atoms with Crippen LogP contribution in [0.15, 0.2) is 23.0 Å². The van der Waals surface area contributed by atoms with E-state index in [1.807, 2.05) is 30.8 Å². The van der Waals surface area contributed by atoms with Crippen molar-refractivity contribution in [1.82, 2.24) is 20.0 Å². The highest BCUT2D eigenvalue weighted by Gasteiger charge is 2.27. The zero-order valence-electron chi connectivity index (χ0n) is 13.8. The molecule has 7 heteroatoms. The lowest BCUT2D eigenvalue weighted by Gasteiger charge is -2.26. The molecule has 0 spiro atoms. The van der Waals surface area contributed by atoms with E-state index in [1.54, 1.807) is 10.7 Å². The van der Waals surface area contributed by atoms with E-state index in [1.165, 1.54) is 0 Å². The molecular formula is C17H21N5OS. The van der Waals surface area contributed by atoms with Crippen molar-refractivity contribution in [3.63, 3.8) is 0 Å². The van der Waals surface area contributed by atoms with Crippen LogP contribution in [0.4, 0.5) is 5.82 Å². The molecule has 0 bridgehead atoms.